The van der Waals surface area contributed by atoms with Gasteiger partial charge in [0, 0.05) is 19.6 Å². The van der Waals surface area contributed by atoms with Gasteiger partial charge in [-0.05, 0) is 18.3 Å². The van der Waals surface area contributed by atoms with Crippen molar-refractivity contribution in [1.29, 1.82) is 0 Å². The molecule has 1 saturated carbocycles. The maximum absolute atomic E-state index is 11.3. The monoisotopic (exact) mass is 212 g/mol. The van der Waals surface area contributed by atoms with Crippen molar-refractivity contribution in [2.75, 3.05) is 19.6 Å². The minimum Gasteiger partial charge on any atom is -0.481 e. The van der Waals surface area contributed by atoms with Gasteiger partial charge < -0.3 is 15.3 Å². The number of carbonyl (C=O) groups is 2. The second-order valence-corrected chi connectivity index (χ2v) is 4.58. The van der Waals surface area contributed by atoms with Crippen molar-refractivity contribution >= 4 is 12.0 Å². The van der Waals surface area contributed by atoms with Gasteiger partial charge in [0.2, 0.25) is 0 Å². The van der Waals surface area contributed by atoms with Crippen LogP contribution in [0.25, 0.3) is 0 Å². The van der Waals surface area contributed by atoms with Crippen molar-refractivity contribution in [2.24, 2.45) is 5.41 Å². The van der Waals surface area contributed by atoms with Crippen molar-refractivity contribution in [3.8, 4) is 0 Å². The third-order valence-corrected chi connectivity index (χ3v) is 3.41. The molecule has 2 fully saturated rings. The van der Waals surface area contributed by atoms with Gasteiger partial charge in [0.05, 0.1) is 6.42 Å². The number of carboxylic acids is 1. The van der Waals surface area contributed by atoms with Crippen LogP contribution in [-0.4, -0.2) is 41.6 Å². The van der Waals surface area contributed by atoms with Crippen LogP contribution in [0.1, 0.15) is 25.7 Å². The predicted molar refractivity (Wildman–Crippen MR) is 53.5 cm³/mol. The first-order valence-electron chi connectivity index (χ1n) is 5.36. The Morgan fingerprint density at radius 3 is 2.67 bits per heavy atom. The molecular formula is C10H16N2O3. The highest BCUT2D eigenvalue weighted by molar-refractivity contribution is 5.76. The van der Waals surface area contributed by atoms with Crippen molar-refractivity contribution < 1.29 is 14.7 Å². The molecule has 0 aromatic rings. The SMILES string of the molecule is O=C(O)CC1(CN2CCNC2=O)CCC1. The van der Waals surface area contributed by atoms with Crippen molar-refractivity contribution in [2.45, 2.75) is 25.7 Å². The molecule has 0 unspecified atom stereocenters. The molecule has 0 radical (unpaired) electrons. The molecule has 5 nitrogen and oxygen atoms in total. The van der Waals surface area contributed by atoms with E-state index in [2.05, 4.69) is 5.32 Å². The molecule has 2 amide bonds. The number of amides is 2. The number of carboxylic acid groups (broad SMARTS) is 1. The lowest BCUT2D eigenvalue weighted by Crippen LogP contribution is -2.44. The van der Waals surface area contributed by atoms with Crippen LogP contribution in [0.5, 0.6) is 0 Å². The number of hydrogen-bond acceptors (Lipinski definition) is 2. The Morgan fingerprint density at radius 1 is 1.53 bits per heavy atom. The normalized spacial score (nSPS) is 23.5. The second kappa shape index (κ2) is 3.72. The first-order valence-corrected chi connectivity index (χ1v) is 5.36. The fraction of sp³-hybridized carbons (Fsp3) is 0.800. The standard InChI is InChI=1S/C10H16N2O3/c13-8(14)6-10(2-1-3-10)7-12-5-4-11-9(12)15/h1-7H2,(H,11,15)(H,13,14). The Hall–Kier alpha value is -1.26. The summed E-state index contributed by atoms with van der Waals surface area (Å²) in [6.07, 6.45) is 3.14. The number of rotatable bonds is 4. The fourth-order valence-electron chi connectivity index (χ4n) is 2.46. The zero-order valence-corrected chi connectivity index (χ0v) is 8.66. The van der Waals surface area contributed by atoms with Gasteiger partial charge in [-0.2, -0.15) is 0 Å². The van der Waals surface area contributed by atoms with Crippen LogP contribution < -0.4 is 5.32 Å². The molecule has 1 heterocycles. The first-order chi connectivity index (χ1) is 7.11. The van der Waals surface area contributed by atoms with Crippen molar-refractivity contribution in [3.63, 3.8) is 0 Å². The average Bonchev–Trinajstić information content (AvgIpc) is 2.47. The Morgan fingerprint density at radius 2 is 2.27 bits per heavy atom. The number of hydrogen-bond donors (Lipinski definition) is 2. The number of nitrogens with one attached hydrogen (secondary N) is 1. The van der Waals surface area contributed by atoms with Crippen LogP contribution in [-0.2, 0) is 4.79 Å². The zero-order valence-electron chi connectivity index (χ0n) is 8.66. The number of nitrogens with zero attached hydrogens (tertiary/aromatic N) is 1. The molecule has 2 rings (SSSR count). The van der Waals surface area contributed by atoms with Crippen molar-refractivity contribution in [1.82, 2.24) is 10.2 Å². The Bertz CT molecular complexity index is 286. The third-order valence-electron chi connectivity index (χ3n) is 3.41. The summed E-state index contributed by atoms with van der Waals surface area (Å²) < 4.78 is 0. The van der Waals surface area contributed by atoms with Crippen LogP contribution >= 0.6 is 0 Å². The molecule has 84 valence electrons. The molecule has 1 aliphatic heterocycles. The van der Waals surface area contributed by atoms with E-state index in [4.69, 9.17) is 5.11 Å². The number of aliphatic carboxylic acids is 1. The Kier molecular flexibility index (Phi) is 2.54. The molecule has 0 bridgehead atoms. The lowest BCUT2D eigenvalue weighted by Gasteiger charge is -2.43. The lowest BCUT2D eigenvalue weighted by atomic mass is 9.66. The van der Waals surface area contributed by atoms with Crippen LogP contribution in [0.2, 0.25) is 0 Å². The van der Waals surface area contributed by atoms with E-state index >= 15 is 0 Å². The van der Waals surface area contributed by atoms with Gasteiger partial charge in [-0.25, -0.2) is 4.79 Å². The van der Waals surface area contributed by atoms with Crippen LogP contribution in [0, 0.1) is 5.41 Å². The first kappa shape index (κ1) is 10.3. The fourth-order valence-corrected chi connectivity index (χ4v) is 2.46. The summed E-state index contributed by atoms with van der Waals surface area (Å²) in [6.45, 7) is 1.99. The Balaban J connectivity index is 1.95. The van der Waals surface area contributed by atoms with Crippen LogP contribution in [0.3, 0.4) is 0 Å². The van der Waals surface area contributed by atoms with Gasteiger partial charge in [0.1, 0.15) is 0 Å². The maximum Gasteiger partial charge on any atom is 0.317 e. The lowest BCUT2D eigenvalue weighted by molar-refractivity contribution is -0.141. The van der Waals surface area contributed by atoms with E-state index in [0.717, 1.165) is 19.3 Å². The highest BCUT2D eigenvalue weighted by atomic mass is 16.4. The van der Waals surface area contributed by atoms with E-state index in [0.29, 0.717) is 19.6 Å². The quantitative estimate of drug-likeness (QED) is 0.719. The summed E-state index contributed by atoms with van der Waals surface area (Å²) in [5, 5.41) is 11.6. The van der Waals surface area contributed by atoms with Crippen LogP contribution in [0.4, 0.5) is 4.79 Å². The van der Waals surface area contributed by atoms with E-state index in [1.54, 1.807) is 4.90 Å². The van der Waals surface area contributed by atoms with Crippen LogP contribution in [0.15, 0.2) is 0 Å². The summed E-state index contributed by atoms with van der Waals surface area (Å²) in [7, 11) is 0. The summed E-state index contributed by atoms with van der Waals surface area (Å²) in [6, 6.07) is -0.0494. The van der Waals surface area contributed by atoms with Gasteiger partial charge in [-0.3, -0.25) is 4.79 Å². The van der Waals surface area contributed by atoms with Gasteiger partial charge >= 0.3 is 12.0 Å². The number of carbonyl (C=O) groups excluding carboxylic acids is 1. The zero-order chi connectivity index (χ0) is 10.9. The number of urea groups is 1. The topological polar surface area (TPSA) is 69.6 Å². The van der Waals surface area contributed by atoms with Gasteiger partial charge in [0.15, 0.2) is 0 Å². The van der Waals surface area contributed by atoms with E-state index in [9.17, 15) is 9.59 Å². The van der Waals surface area contributed by atoms with Crippen molar-refractivity contribution in [3.05, 3.63) is 0 Å². The predicted octanol–water partition coefficient (Wildman–Crippen LogP) is 0.657. The molecule has 1 saturated heterocycles. The molecule has 0 spiro atoms. The highest BCUT2D eigenvalue weighted by Crippen LogP contribution is 2.44. The molecule has 2 aliphatic rings. The third kappa shape index (κ3) is 2.06. The molecule has 0 aromatic carbocycles. The molecular weight excluding hydrogens is 196 g/mol. The average molecular weight is 212 g/mol. The maximum atomic E-state index is 11.3. The van der Waals surface area contributed by atoms with E-state index < -0.39 is 5.97 Å². The summed E-state index contributed by atoms with van der Waals surface area (Å²) in [5.74, 6) is -0.755. The molecule has 5 heteroatoms. The second-order valence-electron chi connectivity index (χ2n) is 4.58. The molecule has 0 aromatic heterocycles. The minimum atomic E-state index is -0.755. The molecule has 1 aliphatic carbocycles. The van der Waals surface area contributed by atoms with Gasteiger partial charge in [-0.15, -0.1) is 0 Å². The molecule has 15 heavy (non-hydrogen) atoms. The smallest absolute Gasteiger partial charge is 0.317 e. The summed E-state index contributed by atoms with van der Waals surface area (Å²) >= 11 is 0. The summed E-state index contributed by atoms with van der Waals surface area (Å²) in [5.41, 5.74) is -0.145. The van der Waals surface area contributed by atoms with E-state index in [1.165, 1.54) is 0 Å². The molecule has 0 atom stereocenters. The Labute approximate surface area is 88.4 Å². The molecule has 2 N–H and O–H groups in total. The van der Waals surface area contributed by atoms with E-state index in [-0.39, 0.29) is 17.9 Å². The largest absolute Gasteiger partial charge is 0.481 e. The van der Waals surface area contributed by atoms with Gasteiger partial charge in [0.25, 0.3) is 0 Å². The van der Waals surface area contributed by atoms with E-state index in [1.807, 2.05) is 0 Å². The summed E-state index contributed by atoms with van der Waals surface area (Å²) in [4.78, 5) is 23.8. The minimum absolute atomic E-state index is 0.0494. The highest BCUT2D eigenvalue weighted by Gasteiger charge is 2.42. The van der Waals surface area contributed by atoms with Gasteiger partial charge in [-0.1, -0.05) is 6.42 Å².